The van der Waals surface area contributed by atoms with Crippen LogP contribution in [0.4, 0.5) is 14.6 Å². The van der Waals surface area contributed by atoms with Crippen molar-refractivity contribution < 1.29 is 18.4 Å². The summed E-state index contributed by atoms with van der Waals surface area (Å²) in [7, 11) is 1.61. The number of carbonyl (C=O) groups excluding carboxylic acids is 2. The Balaban J connectivity index is 1.43. The number of hydrogen-bond donors (Lipinski definition) is 1. The largest absolute Gasteiger partial charge is 0.337 e. The van der Waals surface area contributed by atoms with Crippen molar-refractivity contribution in [2.24, 2.45) is 0 Å². The van der Waals surface area contributed by atoms with Crippen molar-refractivity contribution in [2.45, 2.75) is 25.9 Å². The molecule has 4 heterocycles. The highest BCUT2D eigenvalue weighted by Crippen LogP contribution is 2.23. The van der Waals surface area contributed by atoms with Gasteiger partial charge in [0.25, 0.3) is 11.8 Å². The number of carbonyl (C=O) groups is 2. The van der Waals surface area contributed by atoms with E-state index in [0.717, 1.165) is 22.5 Å². The SMILES string of the molecule is Cc1cc2n(n1)CC[C@H](NC(=O)c1ncc3cnn(-c4c(F)cccc4F)c3n1)C(=O)N2C. The van der Waals surface area contributed by atoms with Crippen molar-refractivity contribution in [3.63, 3.8) is 0 Å². The van der Waals surface area contributed by atoms with Crippen LogP contribution in [0.25, 0.3) is 16.7 Å². The van der Waals surface area contributed by atoms with Crippen LogP contribution in [0.1, 0.15) is 22.7 Å². The van der Waals surface area contributed by atoms with Crippen LogP contribution < -0.4 is 10.2 Å². The molecule has 0 radical (unpaired) electrons. The summed E-state index contributed by atoms with van der Waals surface area (Å²) in [5.74, 6) is -2.27. The maximum atomic E-state index is 14.3. The Morgan fingerprint density at radius 3 is 2.73 bits per heavy atom. The van der Waals surface area contributed by atoms with E-state index in [1.807, 2.05) is 6.92 Å². The van der Waals surface area contributed by atoms with Crippen molar-refractivity contribution in [2.75, 3.05) is 11.9 Å². The Morgan fingerprint density at radius 2 is 1.97 bits per heavy atom. The Labute approximate surface area is 185 Å². The van der Waals surface area contributed by atoms with Crippen LogP contribution >= 0.6 is 0 Å². The van der Waals surface area contributed by atoms with E-state index in [9.17, 15) is 18.4 Å². The zero-order valence-electron chi connectivity index (χ0n) is 17.7. The molecule has 3 aromatic heterocycles. The molecular formula is C21H18F2N8O2. The van der Waals surface area contributed by atoms with Gasteiger partial charge in [0.2, 0.25) is 5.82 Å². The van der Waals surface area contributed by atoms with Gasteiger partial charge >= 0.3 is 0 Å². The van der Waals surface area contributed by atoms with Gasteiger partial charge < -0.3 is 5.32 Å². The Bertz CT molecular complexity index is 1390. The standard InChI is InChI=1S/C21H18F2N8O2/c1-11-8-16-29(2)21(33)15(6-7-30(16)28-11)26-20(32)18-24-9-12-10-25-31(19(12)27-18)17-13(22)4-3-5-14(17)23/h3-5,8-10,15H,6-7H2,1-2H3,(H,26,32)/t15-/m0/s1. The summed E-state index contributed by atoms with van der Waals surface area (Å²) in [5.41, 5.74) is 0.429. The molecule has 0 saturated heterocycles. The summed E-state index contributed by atoms with van der Waals surface area (Å²) in [6.45, 7) is 2.27. The lowest BCUT2D eigenvalue weighted by Crippen LogP contribution is -2.47. The van der Waals surface area contributed by atoms with Gasteiger partial charge in [-0.15, -0.1) is 0 Å². The Hall–Kier alpha value is -4.22. The summed E-state index contributed by atoms with van der Waals surface area (Å²) in [6.07, 6.45) is 3.00. The maximum Gasteiger partial charge on any atom is 0.289 e. The molecule has 33 heavy (non-hydrogen) atoms. The number of rotatable bonds is 3. The zero-order valence-corrected chi connectivity index (χ0v) is 17.7. The third kappa shape index (κ3) is 3.49. The van der Waals surface area contributed by atoms with E-state index in [0.29, 0.717) is 24.2 Å². The minimum atomic E-state index is -0.829. The molecule has 0 saturated carbocycles. The molecule has 1 aliphatic heterocycles. The molecule has 0 aliphatic carbocycles. The third-order valence-corrected chi connectivity index (χ3v) is 5.45. The highest BCUT2D eigenvalue weighted by molar-refractivity contribution is 6.01. The Morgan fingerprint density at radius 1 is 1.21 bits per heavy atom. The van der Waals surface area contributed by atoms with Crippen molar-refractivity contribution in [3.8, 4) is 5.69 Å². The van der Waals surface area contributed by atoms with Crippen LogP contribution in [0.15, 0.2) is 36.7 Å². The smallest absolute Gasteiger partial charge is 0.289 e. The molecule has 12 heteroatoms. The molecule has 0 spiro atoms. The molecule has 0 unspecified atom stereocenters. The second-order valence-electron chi connectivity index (χ2n) is 7.68. The van der Waals surface area contributed by atoms with Gasteiger partial charge in [0.05, 0.1) is 17.3 Å². The lowest BCUT2D eigenvalue weighted by atomic mass is 10.2. The first-order valence-electron chi connectivity index (χ1n) is 10.1. The van der Waals surface area contributed by atoms with Gasteiger partial charge in [0.1, 0.15) is 17.5 Å². The summed E-state index contributed by atoms with van der Waals surface area (Å²) in [4.78, 5) is 35.4. The van der Waals surface area contributed by atoms with Crippen LogP contribution in [0, 0.1) is 18.6 Å². The molecule has 0 fully saturated rings. The van der Waals surface area contributed by atoms with E-state index in [1.165, 1.54) is 23.4 Å². The number of halogens is 2. The molecule has 1 atom stereocenters. The van der Waals surface area contributed by atoms with Crippen LogP contribution in [0.2, 0.25) is 0 Å². The lowest BCUT2D eigenvalue weighted by Gasteiger charge is -2.20. The number of hydrogen-bond acceptors (Lipinski definition) is 6. The van der Waals surface area contributed by atoms with E-state index in [-0.39, 0.29) is 17.4 Å². The number of amides is 2. The van der Waals surface area contributed by atoms with E-state index < -0.39 is 29.3 Å². The van der Waals surface area contributed by atoms with Crippen LogP contribution in [0.5, 0.6) is 0 Å². The van der Waals surface area contributed by atoms with Gasteiger partial charge in [-0.25, -0.2) is 28.1 Å². The second kappa shape index (κ2) is 7.73. The number of fused-ring (bicyclic) bond motifs is 2. The molecule has 4 aromatic rings. The number of benzene rings is 1. The van der Waals surface area contributed by atoms with Gasteiger partial charge in [0.15, 0.2) is 17.3 Å². The highest BCUT2D eigenvalue weighted by atomic mass is 19.1. The number of nitrogens with one attached hydrogen (secondary N) is 1. The van der Waals surface area contributed by atoms with Crippen molar-refractivity contribution >= 4 is 28.7 Å². The van der Waals surface area contributed by atoms with Gasteiger partial charge in [-0.05, 0) is 25.5 Å². The molecule has 0 bridgehead atoms. The molecular weight excluding hydrogens is 434 g/mol. The normalized spacial score (nSPS) is 16.1. The molecule has 168 valence electrons. The molecule has 2 amide bonds. The predicted molar refractivity (Wildman–Crippen MR) is 113 cm³/mol. The second-order valence-corrected chi connectivity index (χ2v) is 7.68. The molecule has 1 aliphatic rings. The van der Waals surface area contributed by atoms with Gasteiger partial charge in [-0.2, -0.15) is 10.2 Å². The van der Waals surface area contributed by atoms with Crippen molar-refractivity contribution in [1.29, 1.82) is 0 Å². The fourth-order valence-electron chi connectivity index (χ4n) is 3.83. The fourth-order valence-corrected chi connectivity index (χ4v) is 3.83. The van der Waals surface area contributed by atoms with Crippen LogP contribution in [-0.4, -0.2) is 54.4 Å². The quantitative estimate of drug-likeness (QED) is 0.507. The first kappa shape index (κ1) is 20.7. The summed E-state index contributed by atoms with van der Waals surface area (Å²) >= 11 is 0. The number of nitrogens with zero attached hydrogens (tertiary/aromatic N) is 7. The van der Waals surface area contributed by atoms with Crippen LogP contribution in [0.3, 0.4) is 0 Å². The Kier molecular flexibility index (Phi) is 4.84. The number of anilines is 1. The highest BCUT2D eigenvalue weighted by Gasteiger charge is 2.31. The molecule has 1 N–H and O–H groups in total. The zero-order chi connectivity index (χ0) is 23.3. The maximum absolute atomic E-state index is 14.3. The van der Waals surface area contributed by atoms with E-state index in [4.69, 9.17) is 0 Å². The lowest BCUT2D eigenvalue weighted by molar-refractivity contribution is -0.120. The first-order valence-corrected chi connectivity index (χ1v) is 10.1. The number of likely N-dealkylation sites (N-methyl/N-ethyl adjacent to an activating group) is 1. The predicted octanol–water partition coefficient (Wildman–Crippen LogP) is 1.76. The summed E-state index contributed by atoms with van der Waals surface area (Å²) in [5, 5.41) is 11.4. The summed E-state index contributed by atoms with van der Waals surface area (Å²) < 4.78 is 31.2. The minimum absolute atomic E-state index is 0.0547. The molecule has 1 aromatic carbocycles. The van der Waals surface area contributed by atoms with Crippen LogP contribution in [-0.2, 0) is 11.3 Å². The fraction of sp³-hybridized carbons (Fsp3) is 0.238. The van der Waals surface area contributed by atoms with Crippen molar-refractivity contribution in [3.05, 3.63) is 59.8 Å². The molecule has 10 nitrogen and oxygen atoms in total. The average molecular weight is 452 g/mol. The van der Waals surface area contributed by atoms with Crippen molar-refractivity contribution in [1.82, 2.24) is 34.8 Å². The monoisotopic (exact) mass is 452 g/mol. The van der Waals surface area contributed by atoms with E-state index in [2.05, 4.69) is 25.5 Å². The average Bonchev–Trinajstić information content (AvgIpc) is 3.35. The van der Waals surface area contributed by atoms with Gasteiger partial charge in [-0.1, -0.05) is 6.07 Å². The number of aromatic nitrogens is 6. The third-order valence-electron chi connectivity index (χ3n) is 5.45. The summed E-state index contributed by atoms with van der Waals surface area (Å²) in [6, 6.07) is 4.41. The number of aryl methyl sites for hydroxylation is 2. The van der Waals surface area contributed by atoms with E-state index >= 15 is 0 Å². The van der Waals surface area contributed by atoms with Gasteiger partial charge in [0, 0.05) is 25.9 Å². The number of para-hydroxylation sites is 1. The molecule has 5 rings (SSSR count). The first-order chi connectivity index (χ1) is 15.8. The topological polar surface area (TPSA) is 111 Å². The minimum Gasteiger partial charge on any atom is -0.337 e. The van der Waals surface area contributed by atoms with E-state index in [1.54, 1.807) is 17.8 Å². The van der Waals surface area contributed by atoms with Gasteiger partial charge in [-0.3, -0.25) is 14.5 Å².